The second-order valence-corrected chi connectivity index (χ2v) is 16.3. The van der Waals surface area contributed by atoms with Crippen LogP contribution in [0.25, 0.3) is 0 Å². The molecule has 4 atom stereocenters. The number of hydrogen-bond acceptors (Lipinski definition) is 8. The molecule has 0 spiro atoms. The quantitative estimate of drug-likeness (QED) is 0.179. The van der Waals surface area contributed by atoms with Gasteiger partial charge in [0.2, 0.25) is 17.7 Å². The van der Waals surface area contributed by atoms with Gasteiger partial charge in [-0.05, 0) is 83.4 Å². The first-order valence-electron chi connectivity index (χ1n) is 17.8. The van der Waals surface area contributed by atoms with Crippen LogP contribution in [0.3, 0.4) is 0 Å². The zero-order valence-corrected chi connectivity index (χ0v) is 33.3. The maximum atomic E-state index is 15.3. The highest BCUT2D eigenvalue weighted by Crippen LogP contribution is 2.32. The molecular formula is C41H51FN4O7S. The predicted octanol–water partition coefficient (Wildman–Crippen LogP) is 6.10. The maximum Gasteiger partial charge on any atom is 0.410 e. The number of carbonyl (C=O) groups excluding carboxylic acids is 5. The number of carbonyl (C=O) groups is 5. The Morgan fingerprint density at radius 3 is 2.09 bits per heavy atom. The smallest absolute Gasteiger partial charge is 0.410 e. The van der Waals surface area contributed by atoms with E-state index in [1.807, 2.05) is 24.3 Å². The molecule has 3 aromatic carbocycles. The first kappa shape index (κ1) is 41.8. The summed E-state index contributed by atoms with van der Waals surface area (Å²) in [6.07, 6.45) is -0.547. The van der Waals surface area contributed by atoms with Gasteiger partial charge >= 0.3 is 12.1 Å². The van der Waals surface area contributed by atoms with Gasteiger partial charge in [0.1, 0.15) is 29.5 Å². The molecule has 0 fully saturated rings. The first-order valence-corrected chi connectivity index (χ1v) is 18.3. The summed E-state index contributed by atoms with van der Waals surface area (Å²) in [5, 5.41) is 2.81. The topological polar surface area (TPSA) is 126 Å². The lowest BCUT2D eigenvalue weighted by Gasteiger charge is -2.43. The standard InChI is InChI=1S/C41H51FN4O7S/c1-25(31-16-12-13-17-32(31)42)45(23-27-18-20-28(21-19-27)38(50)52-9)36(48)33-22-29-14-10-11-15-30(29)24-46(33)37(49)34(41(6,7)54)43-35(47)26(2)44(8)39(51)53-40(3,4)5/h10-21,25-26,33-34,54H,22-24H2,1-9H3,(H,43,47)/t25-,26+,33?,34?/m1/s1. The number of nitrogens with one attached hydrogen (secondary N) is 1. The van der Waals surface area contributed by atoms with E-state index in [-0.39, 0.29) is 25.1 Å². The molecule has 0 aliphatic carbocycles. The van der Waals surface area contributed by atoms with Crippen LogP contribution in [-0.2, 0) is 43.4 Å². The van der Waals surface area contributed by atoms with E-state index in [0.29, 0.717) is 11.1 Å². The lowest BCUT2D eigenvalue weighted by Crippen LogP contribution is -2.63. The molecule has 1 N–H and O–H groups in total. The van der Waals surface area contributed by atoms with Crippen molar-refractivity contribution in [2.45, 2.75) is 102 Å². The molecule has 54 heavy (non-hydrogen) atoms. The second-order valence-electron chi connectivity index (χ2n) is 15.2. The fourth-order valence-electron chi connectivity index (χ4n) is 6.25. The van der Waals surface area contributed by atoms with Gasteiger partial charge in [0.25, 0.3) is 0 Å². The predicted molar refractivity (Wildman–Crippen MR) is 206 cm³/mol. The van der Waals surface area contributed by atoms with Crippen molar-refractivity contribution in [1.29, 1.82) is 0 Å². The number of ether oxygens (including phenoxy) is 2. The van der Waals surface area contributed by atoms with E-state index in [2.05, 4.69) is 5.32 Å². The van der Waals surface area contributed by atoms with Crippen LogP contribution < -0.4 is 5.32 Å². The van der Waals surface area contributed by atoms with Crippen LogP contribution in [0.2, 0.25) is 0 Å². The van der Waals surface area contributed by atoms with Crippen LogP contribution in [0.15, 0.2) is 72.8 Å². The molecule has 0 bridgehead atoms. The zero-order chi connectivity index (χ0) is 40.1. The Kier molecular flexibility index (Phi) is 13.2. The van der Waals surface area contributed by atoms with Crippen molar-refractivity contribution in [3.63, 3.8) is 0 Å². The maximum absolute atomic E-state index is 15.3. The minimum Gasteiger partial charge on any atom is -0.465 e. The number of methoxy groups -OCH3 is 1. The van der Waals surface area contributed by atoms with E-state index >= 15 is 9.18 Å². The molecule has 4 rings (SSSR count). The molecule has 0 saturated heterocycles. The number of likely N-dealkylation sites (N-methyl/N-ethyl adjacent to an activating group) is 1. The molecule has 13 heteroatoms. The number of esters is 1. The fraction of sp³-hybridized carbons (Fsp3) is 0.439. The Bertz CT molecular complexity index is 1860. The summed E-state index contributed by atoms with van der Waals surface area (Å²) in [5.74, 6) is -2.61. The molecule has 290 valence electrons. The van der Waals surface area contributed by atoms with Crippen LogP contribution in [0, 0.1) is 5.82 Å². The van der Waals surface area contributed by atoms with E-state index in [0.717, 1.165) is 16.0 Å². The Labute approximate surface area is 322 Å². The van der Waals surface area contributed by atoms with Crippen molar-refractivity contribution in [2.24, 2.45) is 0 Å². The van der Waals surface area contributed by atoms with Gasteiger partial charge in [-0.3, -0.25) is 19.3 Å². The van der Waals surface area contributed by atoms with Crippen LogP contribution >= 0.6 is 12.6 Å². The lowest BCUT2D eigenvalue weighted by atomic mass is 9.90. The van der Waals surface area contributed by atoms with E-state index in [4.69, 9.17) is 22.1 Å². The monoisotopic (exact) mass is 762 g/mol. The Morgan fingerprint density at radius 1 is 0.926 bits per heavy atom. The van der Waals surface area contributed by atoms with Crippen molar-refractivity contribution in [3.8, 4) is 0 Å². The van der Waals surface area contributed by atoms with Crippen molar-refractivity contribution in [2.75, 3.05) is 14.2 Å². The third kappa shape index (κ3) is 9.99. The zero-order valence-electron chi connectivity index (χ0n) is 32.4. The summed E-state index contributed by atoms with van der Waals surface area (Å²) < 4.78 is 24.4. The number of nitrogens with zero attached hydrogens (tertiary/aromatic N) is 3. The van der Waals surface area contributed by atoms with Crippen molar-refractivity contribution < 1.29 is 37.8 Å². The van der Waals surface area contributed by atoms with Gasteiger partial charge in [-0.1, -0.05) is 54.6 Å². The molecule has 0 aromatic heterocycles. The number of fused-ring (bicyclic) bond motifs is 1. The third-order valence-corrected chi connectivity index (χ3v) is 9.79. The van der Waals surface area contributed by atoms with Gasteiger partial charge in [-0.2, -0.15) is 12.6 Å². The highest BCUT2D eigenvalue weighted by atomic mass is 32.1. The van der Waals surface area contributed by atoms with Gasteiger partial charge in [0, 0.05) is 36.9 Å². The molecule has 0 radical (unpaired) electrons. The number of rotatable bonds is 11. The van der Waals surface area contributed by atoms with Crippen molar-refractivity contribution in [1.82, 2.24) is 20.0 Å². The summed E-state index contributed by atoms with van der Waals surface area (Å²) in [6.45, 7) is 11.9. The van der Waals surface area contributed by atoms with Gasteiger partial charge < -0.3 is 24.6 Å². The minimum absolute atomic E-state index is 0.0305. The summed E-state index contributed by atoms with van der Waals surface area (Å²) >= 11 is 4.73. The molecule has 3 aromatic rings. The van der Waals surface area contributed by atoms with E-state index in [1.54, 1.807) is 84.0 Å². The summed E-state index contributed by atoms with van der Waals surface area (Å²) in [5.41, 5.74) is 2.20. The molecular weight excluding hydrogens is 712 g/mol. The van der Waals surface area contributed by atoms with Gasteiger partial charge in [0.15, 0.2) is 0 Å². The highest BCUT2D eigenvalue weighted by Gasteiger charge is 2.45. The molecule has 1 heterocycles. The fourth-order valence-corrected chi connectivity index (χ4v) is 6.43. The van der Waals surface area contributed by atoms with Crippen LogP contribution in [0.5, 0.6) is 0 Å². The van der Waals surface area contributed by atoms with E-state index < -0.39 is 70.1 Å². The number of halogens is 1. The van der Waals surface area contributed by atoms with Crippen LogP contribution in [-0.4, -0.2) is 87.1 Å². The number of thiol groups is 1. The minimum atomic E-state index is -1.23. The Balaban J connectivity index is 1.73. The molecule has 2 unspecified atom stereocenters. The lowest BCUT2D eigenvalue weighted by molar-refractivity contribution is -0.151. The normalized spacial score (nSPS) is 15.9. The molecule has 1 aliphatic rings. The third-order valence-electron chi connectivity index (χ3n) is 9.53. The summed E-state index contributed by atoms with van der Waals surface area (Å²) in [6, 6.07) is 16.2. The Hall–Kier alpha value is -4.91. The second kappa shape index (κ2) is 17.0. The van der Waals surface area contributed by atoms with Crippen LogP contribution in [0.4, 0.5) is 9.18 Å². The molecule has 1 aliphatic heterocycles. The van der Waals surface area contributed by atoms with Gasteiger partial charge in [-0.15, -0.1) is 0 Å². The van der Waals surface area contributed by atoms with Crippen molar-refractivity contribution >= 4 is 42.4 Å². The van der Waals surface area contributed by atoms with Gasteiger partial charge in [0.05, 0.1) is 18.7 Å². The van der Waals surface area contributed by atoms with Crippen molar-refractivity contribution in [3.05, 3.63) is 106 Å². The van der Waals surface area contributed by atoms with Gasteiger partial charge in [-0.25, -0.2) is 14.0 Å². The number of benzene rings is 3. The first-order chi connectivity index (χ1) is 25.2. The molecule has 4 amide bonds. The highest BCUT2D eigenvalue weighted by molar-refractivity contribution is 7.81. The average Bonchev–Trinajstić information content (AvgIpc) is 3.12. The van der Waals surface area contributed by atoms with Crippen LogP contribution in [0.1, 0.15) is 87.1 Å². The van der Waals surface area contributed by atoms with E-state index in [1.165, 1.54) is 36.9 Å². The summed E-state index contributed by atoms with van der Waals surface area (Å²) in [4.78, 5) is 72.5. The Morgan fingerprint density at radius 2 is 1.52 bits per heavy atom. The number of amides is 4. The molecule has 0 saturated carbocycles. The number of hydrogen-bond donors (Lipinski definition) is 2. The SMILES string of the molecule is COC(=O)c1ccc(CN(C(=O)C2Cc3ccccc3CN2C(=O)C(NC(=O)[C@H](C)N(C)C(=O)OC(C)(C)C)C(C)(C)S)[C@H](C)c2ccccc2F)cc1. The van der Waals surface area contributed by atoms with E-state index in [9.17, 15) is 19.2 Å². The largest absolute Gasteiger partial charge is 0.465 e. The average molecular weight is 763 g/mol. The molecule has 11 nitrogen and oxygen atoms in total. The summed E-state index contributed by atoms with van der Waals surface area (Å²) in [7, 11) is 2.72.